The molecule has 1 saturated heterocycles. The van der Waals surface area contributed by atoms with Crippen molar-refractivity contribution in [3.63, 3.8) is 0 Å². The van der Waals surface area contributed by atoms with Gasteiger partial charge in [-0.2, -0.15) is 0 Å². The third-order valence-corrected chi connectivity index (χ3v) is 5.24. The summed E-state index contributed by atoms with van der Waals surface area (Å²) in [7, 11) is 1.94. The summed E-state index contributed by atoms with van der Waals surface area (Å²) in [5, 5.41) is 0. The molecule has 0 aromatic heterocycles. The predicted octanol–water partition coefficient (Wildman–Crippen LogP) is 2.31. The van der Waals surface area contributed by atoms with Crippen molar-refractivity contribution < 1.29 is 17.9 Å². The molecule has 0 bridgehead atoms. The van der Waals surface area contributed by atoms with Gasteiger partial charge in [-0.3, -0.25) is 0 Å². The number of hydrogen-bond acceptors (Lipinski definition) is 4. The first kappa shape index (κ1) is 14.6. The number of hydrogen-bond donors (Lipinski definition) is 0. The second-order valence-corrected chi connectivity index (χ2v) is 8.29. The van der Waals surface area contributed by atoms with Crippen molar-refractivity contribution >= 4 is 19.7 Å². The standard InChI is InChI=1S/C12H21ClO4S/c13-18(14,15)10-12(5-7-16-8-6-12)9-17-11-3-1-2-4-11/h11H,1-10H2. The van der Waals surface area contributed by atoms with Gasteiger partial charge in [0, 0.05) is 29.3 Å². The molecule has 0 aromatic rings. The largest absolute Gasteiger partial charge is 0.381 e. The van der Waals surface area contributed by atoms with Crippen LogP contribution in [0.1, 0.15) is 38.5 Å². The van der Waals surface area contributed by atoms with Gasteiger partial charge in [-0.15, -0.1) is 0 Å². The van der Waals surface area contributed by atoms with Crippen molar-refractivity contribution in [2.75, 3.05) is 25.6 Å². The van der Waals surface area contributed by atoms with Gasteiger partial charge in [0.1, 0.15) is 0 Å². The highest BCUT2D eigenvalue weighted by Gasteiger charge is 2.38. The maximum absolute atomic E-state index is 11.4. The summed E-state index contributed by atoms with van der Waals surface area (Å²) in [5.74, 6) is -0.00235. The van der Waals surface area contributed by atoms with E-state index >= 15 is 0 Å². The molecule has 6 heteroatoms. The van der Waals surface area contributed by atoms with E-state index in [9.17, 15) is 8.42 Å². The second-order valence-electron chi connectivity index (χ2n) is 5.51. The topological polar surface area (TPSA) is 52.6 Å². The smallest absolute Gasteiger partial charge is 0.233 e. The predicted molar refractivity (Wildman–Crippen MR) is 70.3 cm³/mol. The number of rotatable bonds is 5. The number of halogens is 1. The summed E-state index contributed by atoms with van der Waals surface area (Å²) in [6.45, 7) is 1.69. The Balaban J connectivity index is 1.94. The molecule has 2 rings (SSSR count). The molecule has 0 N–H and O–H groups in total. The van der Waals surface area contributed by atoms with E-state index in [4.69, 9.17) is 20.2 Å². The molecule has 0 spiro atoms. The van der Waals surface area contributed by atoms with Crippen LogP contribution in [-0.4, -0.2) is 40.1 Å². The zero-order chi connectivity index (χ0) is 13.1. The van der Waals surface area contributed by atoms with E-state index in [-0.39, 0.29) is 11.2 Å². The van der Waals surface area contributed by atoms with Gasteiger partial charge in [0.15, 0.2) is 0 Å². The molecule has 18 heavy (non-hydrogen) atoms. The van der Waals surface area contributed by atoms with Crippen LogP contribution >= 0.6 is 10.7 Å². The fourth-order valence-corrected chi connectivity index (χ4v) is 4.65. The fourth-order valence-electron chi connectivity index (χ4n) is 2.85. The maximum atomic E-state index is 11.4. The van der Waals surface area contributed by atoms with E-state index in [0.29, 0.717) is 38.8 Å². The minimum Gasteiger partial charge on any atom is -0.381 e. The highest BCUT2D eigenvalue weighted by molar-refractivity contribution is 8.13. The van der Waals surface area contributed by atoms with Crippen LogP contribution in [0.25, 0.3) is 0 Å². The van der Waals surface area contributed by atoms with E-state index in [0.717, 1.165) is 12.8 Å². The summed E-state index contributed by atoms with van der Waals surface area (Å²) in [4.78, 5) is 0. The summed E-state index contributed by atoms with van der Waals surface area (Å²) in [6, 6.07) is 0. The van der Waals surface area contributed by atoms with Crippen LogP contribution in [0.4, 0.5) is 0 Å². The molecule has 1 aliphatic heterocycles. The van der Waals surface area contributed by atoms with E-state index in [1.807, 2.05) is 0 Å². The van der Waals surface area contributed by atoms with Crippen molar-refractivity contribution in [2.45, 2.75) is 44.6 Å². The van der Waals surface area contributed by atoms with Crippen LogP contribution in [0.15, 0.2) is 0 Å². The first-order valence-electron chi connectivity index (χ1n) is 6.61. The van der Waals surface area contributed by atoms with Crippen molar-refractivity contribution in [3.8, 4) is 0 Å². The Morgan fingerprint density at radius 2 is 1.83 bits per heavy atom. The van der Waals surface area contributed by atoms with Crippen LogP contribution in [0.2, 0.25) is 0 Å². The molecule has 0 amide bonds. The molecule has 0 atom stereocenters. The van der Waals surface area contributed by atoms with E-state index in [1.54, 1.807) is 0 Å². The SMILES string of the molecule is O=S(=O)(Cl)CC1(COC2CCCC2)CCOCC1. The van der Waals surface area contributed by atoms with Crippen LogP contribution in [0, 0.1) is 5.41 Å². The first-order valence-corrected chi connectivity index (χ1v) is 9.09. The van der Waals surface area contributed by atoms with Gasteiger partial charge >= 0.3 is 0 Å². The Labute approximate surface area is 113 Å². The molecule has 1 heterocycles. The minimum atomic E-state index is -3.49. The van der Waals surface area contributed by atoms with E-state index < -0.39 is 9.05 Å². The van der Waals surface area contributed by atoms with Gasteiger partial charge in [0.05, 0.1) is 18.5 Å². The second kappa shape index (κ2) is 6.07. The minimum absolute atomic E-state index is 0.00235. The summed E-state index contributed by atoms with van der Waals surface area (Å²) >= 11 is 0. The molecule has 2 aliphatic rings. The fraction of sp³-hybridized carbons (Fsp3) is 1.00. The van der Waals surface area contributed by atoms with Crippen LogP contribution in [-0.2, 0) is 18.5 Å². The Kier molecular flexibility index (Phi) is 4.92. The van der Waals surface area contributed by atoms with Crippen molar-refractivity contribution in [2.24, 2.45) is 5.41 Å². The molecule has 0 unspecified atom stereocenters. The molecular weight excluding hydrogens is 276 g/mol. The third kappa shape index (κ3) is 4.37. The third-order valence-electron chi connectivity index (χ3n) is 3.96. The first-order chi connectivity index (χ1) is 8.49. The summed E-state index contributed by atoms with van der Waals surface area (Å²) in [6.07, 6.45) is 6.36. The molecule has 2 fully saturated rings. The van der Waals surface area contributed by atoms with E-state index in [2.05, 4.69) is 0 Å². The molecule has 1 aliphatic carbocycles. The van der Waals surface area contributed by atoms with Gasteiger partial charge in [-0.1, -0.05) is 12.8 Å². The summed E-state index contributed by atoms with van der Waals surface area (Å²) < 4.78 is 34.0. The van der Waals surface area contributed by atoms with Crippen molar-refractivity contribution in [3.05, 3.63) is 0 Å². The lowest BCUT2D eigenvalue weighted by molar-refractivity contribution is -0.0509. The quantitative estimate of drug-likeness (QED) is 0.731. The van der Waals surface area contributed by atoms with E-state index in [1.165, 1.54) is 12.8 Å². The molecule has 106 valence electrons. The lowest BCUT2D eigenvalue weighted by atomic mass is 9.83. The van der Waals surface area contributed by atoms with Gasteiger partial charge in [-0.05, 0) is 25.7 Å². The Bertz CT molecular complexity index is 356. The van der Waals surface area contributed by atoms with Crippen molar-refractivity contribution in [1.29, 1.82) is 0 Å². The zero-order valence-corrected chi connectivity index (χ0v) is 12.1. The highest BCUT2D eigenvalue weighted by atomic mass is 35.7. The van der Waals surface area contributed by atoms with Crippen LogP contribution in [0.5, 0.6) is 0 Å². The molecule has 0 radical (unpaired) electrons. The Hall–Kier alpha value is 0.160. The molecule has 4 nitrogen and oxygen atoms in total. The van der Waals surface area contributed by atoms with Gasteiger partial charge in [0.2, 0.25) is 9.05 Å². The van der Waals surface area contributed by atoms with Crippen LogP contribution in [0.3, 0.4) is 0 Å². The monoisotopic (exact) mass is 296 g/mol. The summed E-state index contributed by atoms with van der Waals surface area (Å²) in [5.41, 5.74) is -0.346. The van der Waals surface area contributed by atoms with Gasteiger partial charge in [0.25, 0.3) is 0 Å². The highest BCUT2D eigenvalue weighted by Crippen LogP contribution is 2.35. The van der Waals surface area contributed by atoms with Crippen LogP contribution < -0.4 is 0 Å². The number of ether oxygens (including phenoxy) is 2. The molecule has 1 saturated carbocycles. The Morgan fingerprint density at radius 3 is 2.39 bits per heavy atom. The Morgan fingerprint density at radius 1 is 1.22 bits per heavy atom. The lowest BCUT2D eigenvalue weighted by Crippen LogP contribution is -2.40. The molecule has 0 aromatic carbocycles. The average Bonchev–Trinajstić information content (AvgIpc) is 2.78. The molecular formula is C12H21ClO4S. The zero-order valence-electron chi connectivity index (χ0n) is 10.6. The normalized spacial score (nSPS) is 25.4. The lowest BCUT2D eigenvalue weighted by Gasteiger charge is -2.36. The average molecular weight is 297 g/mol. The van der Waals surface area contributed by atoms with Gasteiger partial charge in [-0.25, -0.2) is 8.42 Å². The van der Waals surface area contributed by atoms with Crippen molar-refractivity contribution in [1.82, 2.24) is 0 Å². The van der Waals surface area contributed by atoms with Gasteiger partial charge < -0.3 is 9.47 Å². The maximum Gasteiger partial charge on any atom is 0.233 e.